The van der Waals surface area contributed by atoms with Gasteiger partial charge in [-0.1, -0.05) is 39.0 Å². The number of rotatable bonds is 2. The van der Waals surface area contributed by atoms with Crippen molar-refractivity contribution >= 4 is 16.7 Å². The summed E-state index contributed by atoms with van der Waals surface area (Å²) in [4.78, 5) is 12.5. The maximum atomic E-state index is 12.5. The summed E-state index contributed by atoms with van der Waals surface area (Å²) < 4.78 is 2.10. The number of para-hydroxylation sites is 1. The Kier molecular flexibility index (Phi) is 3.05. The van der Waals surface area contributed by atoms with Gasteiger partial charge < -0.3 is 4.57 Å². The van der Waals surface area contributed by atoms with Crippen LogP contribution in [0.4, 0.5) is 0 Å². The van der Waals surface area contributed by atoms with Crippen molar-refractivity contribution in [3.05, 3.63) is 35.5 Å². The van der Waals surface area contributed by atoms with E-state index in [9.17, 15) is 4.79 Å². The van der Waals surface area contributed by atoms with Gasteiger partial charge in [-0.2, -0.15) is 0 Å². The summed E-state index contributed by atoms with van der Waals surface area (Å²) in [5, 5.41) is 1.08. The van der Waals surface area contributed by atoms with Crippen LogP contribution in [0.1, 0.15) is 43.2 Å². The monoisotopic (exact) mass is 243 g/mol. The molecule has 0 saturated heterocycles. The summed E-state index contributed by atoms with van der Waals surface area (Å²) in [5.74, 6) is 0.247. The van der Waals surface area contributed by atoms with Crippen LogP contribution >= 0.6 is 0 Å². The van der Waals surface area contributed by atoms with E-state index < -0.39 is 0 Å². The number of Topliss-reactive ketones (excluding diaryl/α,β-unsaturated/α-hetero) is 1. The second-order valence-electron chi connectivity index (χ2n) is 6.20. The van der Waals surface area contributed by atoms with Gasteiger partial charge >= 0.3 is 0 Å². The highest BCUT2D eigenvalue weighted by Crippen LogP contribution is 2.29. The van der Waals surface area contributed by atoms with E-state index in [1.165, 1.54) is 0 Å². The third-order valence-corrected chi connectivity index (χ3v) is 3.37. The minimum Gasteiger partial charge on any atom is -0.347 e. The van der Waals surface area contributed by atoms with E-state index in [1.807, 2.05) is 32.2 Å². The van der Waals surface area contributed by atoms with Crippen LogP contribution in [0.15, 0.2) is 24.3 Å². The molecule has 2 aromatic rings. The molecule has 0 radical (unpaired) electrons. The maximum Gasteiger partial charge on any atom is 0.165 e. The molecule has 0 aliphatic heterocycles. The summed E-state index contributed by atoms with van der Waals surface area (Å²) in [5.41, 5.74) is 3.11. The van der Waals surface area contributed by atoms with Gasteiger partial charge in [-0.25, -0.2) is 0 Å². The molecule has 0 saturated carbocycles. The first-order chi connectivity index (χ1) is 8.31. The van der Waals surface area contributed by atoms with Crippen LogP contribution in [0.25, 0.3) is 10.9 Å². The van der Waals surface area contributed by atoms with Crippen molar-refractivity contribution in [2.75, 3.05) is 0 Å². The first-order valence-corrected chi connectivity index (χ1v) is 6.38. The van der Waals surface area contributed by atoms with Crippen molar-refractivity contribution in [2.45, 2.75) is 34.1 Å². The van der Waals surface area contributed by atoms with Gasteiger partial charge in [0.15, 0.2) is 5.78 Å². The number of nitrogens with zero attached hydrogens (tertiary/aromatic N) is 1. The standard InChI is InChI=1S/C16H21NO/c1-11-15(14(18)10-16(2,3)4)12-8-6-7-9-13(12)17(11)5/h6-9H,10H2,1-5H3. The van der Waals surface area contributed by atoms with Gasteiger partial charge in [-0.15, -0.1) is 0 Å². The normalized spacial score (nSPS) is 12.1. The fourth-order valence-electron chi connectivity index (χ4n) is 2.44. The molecule has 0 spiro atoms. The van der Waals surface area contributed by atoms with Crippen molar-refractivity contribution in [1.82, 2.24) is 4.57 Å². The largest absolute Gasteiger partial charge is 0.347 e. The minimum atomic E-state index is 0.0282. The Balaban J connectivity index is 2.58. The Morgan fingerprint density at radius 2 is 1.83 bits per heavy atom. The molecule has 2 heteroatoms. The lowest BCUT2D eigenvalue weighted by molar-refractivity contribution is 0.0940. The smallest absolute Gasteiger partial charge is 0.165 e. The molecule has 1 aromatic carbocycles. The van der Waals surface area contributed by atoms with Crippen LogP contribution in [-0.2, 0) is 7.05 Å². The zero-order valence-corrected chi connectivity index (χ0v) is 11.9. The van der Waals surface area contributed by atoms with Gasteiger partial charge in [0.1, 0.15) is 0 Å². The molecule has 0 aliphatic rings. The molecular formula is C16H21NO. The van der Waals surface area contributed by atoms with E-state index in [0.717, 1.165) is 22.2 Å². The third-order valence-electron chi connectivity index (χ3n) is 3.37. The predicted molar refractivity (Wildman–Crippen MR) is 76.1 cm³/mol. The molecule has 0 bridgehead atoms. The topological polar surface area (TPSA) is 22.0 Å². The number of fused-ring (bicyclic) bond motifs is 1. The number of carbonyl (C=O) groups excluding carboxylic acids is 1. The lowest BCUT2D eigenvalue weighted by Gasteiger charge is -2.16. The summed E-state index contributed by atoms with van der Waals surface area (Å²) in [6, 6.07) is 8.11. The average molecular weight is 243 g/mol. The van der Waals surface area contributed by atoms with Crippen molar-refractivity contribution in [1.29, 1.82) is 0 Å². The number of ketones is 1. The van der Waals surface area contributed by atoms with E-state index in [-0.39, 0.29) is 11.2 Å². The van der Waals surface area contributed by atoms with E-state index in [0.29, 0.717) is 6.42 Å². The lowest BCUT2D eigenvalue weighted by Crippen LogP contribution is -2.13. The number of benzene rings is 1. The molecule has 0 atom stereocenters. The first-order valence-electron chi connectivity index (χ1n) is 6.38. The number of hydrogen-bond donors (Lipinski definition) is 0. The predicted octanol–water partition coefficient (Wildman–Crippen LogP) is 4.11. The van der Waals surface area contributed by atoms with E-state index >= 15 is 0 Å². The third kappa shape index (κ3) is 2.20. The highest BCUT2D eigenvalue weighted by atomic mass is 16.1. The lowest BCUT2D eigenvalue weighted by atomic mass is 9.87. The van der Waals surface area contributed by atoms with Crippen molar-refractivity contribution in [3.8, 4) is 0 Å². The van der Waals surface area contributed by atoms with Crippen molar-refractivity contribution in [3.63, 3.8) is 0 Å². The molecule has 1 heterocycles. The molecule has 0 fully saturated rings. The van der Waals surface area contributed by atoms with E-state index in [4.69, 9.17) is 0 Å². The molecule has 0 amide bonds. The van der Waals surface area contributed by atoms with E-state index in [1.54, 1.807) is 0 Å². The number of hydrogen-bond acceptors (Lipinski definition) is 1. The summed E-state index contributed by atoms with van der Waals surface area (Å²) in [7, 11) is 2.02. The van der Waals surface area contributed by atoms with Crippen LogP contribution in [0.2, 0.25) is 0 Å². The van der Waals surface area contributed by atoms with Crippen molar-refractivity contribution < 1.29 is 4.79 Å². The Labute approximate surface area is 109 Å². The van der Waals surface area contributed by atoms with Gasteiger partial charge in [-0.05, 0) is 18.4 Å². The molecular weight excluding hydrogens is 222 g/mol. The highest BCUT2D eigenvalue weighted by molar-refractivity contribution is 6.09. The molecule has 2 nitrogen and oxygen atoms in total. The summed E-state index contributed by atoms with van der Waals surface area (Å²) in [6.45, 7) is 8.33. The maximum absolute atomic E-state index is 12.5. The first kappa shape index (κ1) is 12.9. The van der Waals surface area contributed by atoms with Crippen LogP contribution in [0.3, 0.4) is 0 Å². The van der Waals surface area contributed by atoms with Crippen LogP contribution in [0.5, 0.6) is 0 Å². The zero-order chi connectivity index (χ0) is 13.5. The number of carbonyl (C=O) groups is 1. The Morgan fingerprint density at radius 3 is 2.44 bits per heavy atom. The second-order valence-corrected chi connectivity index (χ2v) is 6.20. The summed E-state index contributed by atoms with van der Waals surface area (Å²) in [6.07, 6.45) is 0.585. The van der Waals surface area contributed by atoms with Gasteiger partial charge in [0, 0.05) is 35.6 Å². The Hall–Kier alpha value is -1.57. The quantitative estimate of drug-likeness (QED) is 0.728. The van der Waals surface area contributed by atoms with E-state index in [2.05, 4.69) is 31.4 Å². The Bertz CT molecular complexity index is 599. The molecule has 96 valence electrons. The van der Waals surface area contributed by atoms with Gasteiger partial charge in [-0.3, -0.25) is 4.79 Å². The second kappa shape index (κ2) is 4.27. The van der Waals surface area contributed by atoms with Gasteiger partial charge in [0.05, 0.1) is 0 Å². The van der Waals surface area contributed by atoms with Crippen LogP contribution in [0, 0.1) is 12.3 Å². The highest BCUT2D eigenvalue weighted by Gasteiger charge is 2.22. The van der Waals surface area contributed by atoms with Gasteiger partial charge in [0.2, 0.25) is 0 Å². The molecule has 0 aliphatic carbocycles. The minimum absolute atomic E-state index is 0.0282. The van der Waals surface area contributed by atoms with Crippen LogP contribution < -0.4 is 0 Å². The molecule has 0 N–H and O–H groups in total. The SMILES string of the molecule is Cc1c(C(=O)CC(C)(C)C)c2ccccc2n1C. The summed E-state index contributed by atoms with van der Waals surface area (Å²) >= 11 is 0. The van der Waals surface area contributed by atoms with Crippen molar-refractivity contribution in [2.24, 2.45) is 12.5 Å². The number of aromatic nitrogens is 1. The molecule has 1 aromatic heterocycles. The fraction of sp³-hybridized carbons (Fsp3) is 0.438. The molecule has 0 unspecified atom stereocenters. The van der Waals surface area contributed by atoms with Crippen LogP contribution in [-0.4, -0.2) is 10.4 Å². The Morgan fingerprint density at radius 1 is 1.22 bits per heavy atom. The van der Waals surface area contributed by atoms with Gasteiger partial charge in [0.25, 0.3) is 0 Å². The molecule has 2 rings (SSSR count). The average Bonchev–Trinajstić information content (AvgIpc) is 2.50. The fourth-order valence-corrected chi connectivity index (χ4v) is 2.44. The zero-order valence-electron chi connectivity index (χ0n) is 11.9. The number of aryl methyl sites for hydroxylation is 1. The molecule has 18 heavy (non-hydrogen) atoms.